The lowest BCUT2D eigenvalue weighted by Gasteiger charge is -2.72. The van der Waals surface area contributed by atoms with Gasteiger partial charge in [0.05, 0.1) is 56.4 Å². The molecule has 510 valence electrons. The Balaban J connectivity index is 0.886. The predicted molar refractivity (Wildman–Crippen MR) is 299 cm³/mol. The third kappa shape index (κ3) is 11.5. The lowest BCUT2D eigenvalue weighted by molar-refractivity contribution is -0.367. The van der Waals surface area contributed by atoms with Gasteiger partial charge in [-0.2, -0.15) is 0 Å². The minimum Gasteiger partial charge on any atom is -0.457 e. The second kappa shape index (κ2) is 25.4. The van der Waals surface area contributed by atoms with E-state index >= 15 is 4.79 Å². The molecule has 28 nitrogen and oxygen atoms in total. The zero-order valence-electron chi connectivity index (χ0n) is 52.2. The van der Waals surface area contributed by atoms with Crippen LogP contribution in [-0.2, 0) is 61.7 Å². The second-order valence-electron chi connectivity index (χ2n) is 29.2. The fraction of sp³-hybridized carbons (Fsp3) is 0.934. The summed E-state index contributed by atoms with van der Waals surface area (Å²) < 4.78 is 65.7. The average Bonchev–Trinajstić information content (AvgIpc) is 0.821. The maximum Gasteiger partial charge on any atom is 0.317 e. The van der Waals surface area contributed by atoms with Crippen molar-refractivity contribution in [2.75, 3.05) is 19.8 Å². The molecule has 9 fully saturated rings. The molecule has 0 aromatic heterocycles. The van der Waals surface area contributed by atoms with Gasteiger partial charge >= 0.3 is 11.9 Å². The third-order valence-corrected chi connectivity index (χ3v) is 23.5. The Morgan fingerprint density at radius 1 is 0.528 bits per heavy atom. The van der Waals surface area contributed by atoms with E-state index in [4.69, 9.17) is 52.1 Å². The number of esters is 2. The van der Waals surface area contributed by atoms with E-state index in [1.165, 1.54) is 20.8 Å². The first-order valence-electron chi connectivity index (χ1n) is 31.6. The minimum atomic E-state index is -2.02. The van der Waals surface area contributed by atoms with Gasteiger partial charge < -0.3 is 129 Å². The molecular weight excluding hydrogens is 1180 g/mol. The zero-order chi connectivity index (χ0) is 65.3. The first kappa shape index (κ1) is 69.5. The quantitative estimate of drug-likeness (QED) is 0.0468. The van der Waals surface area contributed by atoms with Gasteiger partial charge in [0.25, 0.3) is 0 Å². The molecule has 0 radical (unpaired) electrons. The summed E-state index contributed by atoms with van der Waals surface area (Å²) in [5.74, 6) is -2.73. The second-order valence-corrected chi connectivity index (χ2v) is 29.2. The van der Waals surface area contributed by atoms with Gasteiger partial charge in [0.2, 0.25) is 6.29 Å². The number of hydrogen-bond donors (Lipinski definition) is 15. The van der Waals surface area contributed by atoms with Crippen LogP contribution in [0.3, 0.4) is 0 Å². The van der Waals surface area contributed by atoms with E-state index in [0.717, 1.165) is 12.5 Å². The first-order chi connectivity index (χ1) is 41.6. The molecule has 10 aliphatic rings. The molecule has 0 aromatic rings. The highest BCUT2D eigenvalue weighted by atomic mass is 16.8. The number of aliphatic hydroxyl groups is 15. The summed E-state index contributed by atoms with van der Waals surface area (Å²) in [5, 5.41) is 167. The summed E-state index contributed by atoms with van der Waals surface area (Å²) in [4.78, 5) is 28.2. The lowest BCUT2D eigenvalue weighted by atomic mass is 9.33. The van der Waals surface area contributed by atoms with Gasteiger partial charge in [0, 0.05) is 12.3 Å². The molecule has 0 amide bonds. The predicted octanol–water partition coefficient (Wildman–Crippen LogP) is -3.00. The summed E-state index contributed by atoms with van der Waals surface area (Å²) in [7, 11) is 0. The number of rotatable bonds is 14. The maximum absolute atomic E-state index is 15.7. The van der Waals surface area contributed by atoms with Crippen molar-refractivity contribution in [3.8, 4) is 0 Å². The number of hydrogen-bond acceptors (Lipinski definition) is 28. The SMILES string of the molecule is CC(=O)O[C@@H]1[C@H](O)[C@@H](O[C@@H]2O[C@H](C)[C@@H](O[C@@H]3O[C@H](CO)[C@H](O[C@@H]4O[C@H](C)[C@@H](O)[C@H](O)[C@@H]4O)[C@H]3O)[C@H](O)[C@@H]2O)[C@H](OC(=O)[C@]23CCC(C)(C)C[C@H]2C2=CC[C@@H]4[C@@]5(C)C[C@H](O)[C@H](O[C@@H]6O[C@H](CO)[C@@H](O)[C@H](O)[C@H]6O)[C@@](C)(CO)[C@@H]5CC[C@@]4(C)[C@]2(C)C[C@H]3O)O[C@@H]1C. The molecule has 15 N–H and O–H groups in total. The molecule has 4 saturated carbocycles. The van der Waals surface area contributed by atoms with Gasteiger partial charge in [-0.3, -0.25) is 9.59 Å². The summed E-state index contributed by atoms with van der Waals surface area (Å²) in [5.41, 5.74) is -4.14. The van der Waals surface area contributed by atoms with Crippen molar-refractivity contribution < 1.29 is 138 Å². The highest BCUT2D eigenvalue weighted by Gasteiger charge is 2.73. The van der Waals surface area contributed by atoms with Crippen LogP contribution in [0, 0.1) is 50.2 Å². The molecule has 0 aromatic carbocycles. The van der Waals surface area contributed by atoms with Crippen LogP contribution in [0.2, 0.25) is 0 Å². The molecule has 35 atom stereocenters. The van der Waals surface area contributed by atoms with E-state index in [9.17, 15) is 81.4 Å². The average molecular weight is 1280 g/mol. The molecule has 0 unspecified atom stereocenters. The largest absolute Gasteiger partial charge is 0.457 e. The van der Waals surface area contributed by atoms with Crippen LogP contribution in [0.4, 0.5) is 0 Å². The van der Waals surface area contributed by atoms with E-state index in [-0.39, 0.29) is 36.5 Å². The van der Waals surface area contributed by atoms with Gasteiger partial charge in [-0.25, -0.2) is 0 Å². The number of allylic oxidation sites excluding steroid dienone is 2. The van der Waals surface area contributed by atoms with E-state index in [0.29, 0.717) is 32.1 Å². The van der Waals surface area contributed by atoms with E-state index in [1.54, 1.807) is 0 Å². The topological polar surface area (TPSA) is 439 Å². The van der Waals surface area contributed by atoms with Crippen molar-refractivity contribution >= 4 is 11.9 Å². The number of carbonyl (C=O) groups is 2. The van der Waals surface area contributed by atoms with E-state index in [2.05, 4.69) is 40.7 Å². The molecular formula is C61H98O28. The molecule has 5 saturated heterocycles. The summed E-state index contributed by atoms with van der Waals surface area (Å²) >= 11 is 0. The summed E-state index contributed by atoms with van der Waals surface area (Å²) in [6, 6.07) is 0. The highest BCUT2D eigenvalue weighted by molar-refractivity contribution is 5.80. The van der Waals surface area contributed by atoms with Crippen LogP contribution in [-0.4, -0.2) is 274 Å². The van der Waals surface area contributed by atoms with Crippen molar-refractivity contribution in [1.82, 2.24) is 0 Å². The van der Waals surface area contributed by atoms with Crippen LogP contribution in [0.5, 0.6) is 0 Å². The van der Waals surface area contributed by atoms with Gasteiger partial charge in [-0.05, 0) is 112 Å². The van der Waals surface area contributed by atoms with Gasteiger partial charge in [-0.15, -0.1) is 0 Å². The van der Waals surface area contributed by atoms with Crippen molar-refractivity contribution in [2.45, 2.75) is 286 Å². The van der Waals surface area contributed by atoms with Crippen LogP contribution in [0.15, 0.2) is 11.6 Å². The number of carbonyl (C=O) groups excluding carboxylic acids is 2. The minimum absolute atomic E-state index is 0.102. The first-order valence-corrected chi connectivity index (χ1v) is 31.6. The van der Waals surface area contributed by atoms with E-state index in [1.807, 2.05) is 6.92 Å². The Bertz CT molecular complexity index is 2540. The zero-order valence-corrected chi connectivity index (χ0v) is 52.2. The fourth-order valence-electron chi connectivity index (χ4n) is 18.2. The van der Waals surface area contributed by atoms with Gasteiger partial charge in [-0.1, -0.05) is 53.2 Å². The van der Waals surface area contributed by atoms with Gasteiger partial charge in [0.1, 0.15) is 90.9 Å². The Labute approximate surface area is 516 Å². The number of fused-ring (bicyclic) bond motifs is 7. The Morgan fingerprint density at radius 3 is 1.71 bits per heavy atom. The maximum atomic E-state index is 15.7. The normalized spacial score (nSPS) is 54.8. The summed E-state index contributed by atoms with van der Waals surface area (Å²) in [6.07, 6.45) is -36.6. The Hall–Kier alpha value is -2.28. The van der Waals surface area contributed by atoms with E-state index < -0.39 is 230 Å². The molecule has 10 rings (SSSR count). The molecule has 5 aliphatic carbocycles. The number of ether oxygens (including phenoxy) is 11. The molecule has 5 heterocycles. The van der Waals surface area contributed by atoms with Crippen LogP contribution in [0.1, 0.15) is 121 Å². The van der Waals surface area contributed by atoms with Crippen LogP contribution < -0.4 is 0 Å². The van der Waals surface area contributed by atoms with Crippen LogP contribution in [0.25, 0.3) is 0 Å². The van der Waals surface area contributed by atoms with Crippen LogP contribution >= 0.6 is 0 Å². The molecule has 5 aliphatic heterocycles. The molecule has 0 spiro atoms. The van der Waals surface area contributed by atoms with Crippen molar-refractivity contribution in [3.05, 3.63) is 11.6 Å². The summed E-state index contributed by atoms with van der Waals surface area (Å²) in [6.45, 7) is 16.1. The van der Waals surface area contributed by atoms with Crippen molar-refractivity contribution in [1.29, 1.82) is 0 Å². The van der Waals surface area contributed by atoms with Crippen molar-refractivity contribution in [3.63, 3.8) is 0 Å². The monoisotopic (exact) mass is 1280 g/mol. The standard InChI is InChI=1S/C61H98O28/c1-23-35(68)37(70)40(73)50(79-23)86-47-31(21-63)84-53(44(47)77)85-45-24(2)80-51(42(75)39(45)72)87-48-43(76)46(82-26(4)65)25(3)81-54(48)89-55(78)61-16-15-56(5,6)17-28(61)27-11-12-33-57(7)18-29(66)49(88-52-41(74)38(71)36(69)30(20-62)83-52)58(8,22-64)32(57)13-14-59(33,9)60(27,10)19-34(61)67/h11,23-25,28-54,62-64,66-77H,12-22H2,1-10H3/t23-,24-,25-,28+,29+,30-,31-,32-,33-,34-,35-,36-,37+,38+,39-,40+,41-,42+,43+,44-,45-,46+,47+,48-,49+,50+,51+,52+,53+,54+,57+,58+,59-,60-,61-/m1/s1. The van der Waals surface area contributed by atoms with Gasteiger partial charge in [0.15, 0.2) is 37.4 Å². The molecule has 0 bridgehead atoms. The highest BCUT2D eigenvalue weighted by Crippen LogP contribution is 2.76. The van der Waals surface area contributed by atoms with Crippen molar-refractivity contribution in [2.24, 2.45) is 50.2 Å². The lowest BCUT2D eigenvalue weighted by Crippen LogP contribution is -2.70. The Kier molecular flexibility index (Phi) is 19.8. The third-order valence-electron chi connectivity index (χ3n) is 23.5. The molecule has 28 heteroatoms. The fourth-order valence-corrected chi connectivity index (χ4v) is 18.2. The smallest absolute Gasteiger partial charge is 0.317 e. The molecule has 89 heavy (non-hydrogen) atoms. The number of aliphatic hydroxyl groups excluding tert-OH is 15. The Morgan fingerprint density at radius 2 is 1.08 bits per heavy atom.